The highest BCUT2D eigenvalue weighted by molar-refractivity contribution is 7.18. The quantitative estimate of drug-likeness (QED) is 0.722. The highest BCUT2D eigenvalue weighted by Crippen LogP contribution is 2.26. The van der Waals surface area contributed by atoms with Crippen LogP contribution >= 0.6 is 11.3 Å². The van der Waals surface area contributed by atoms with Gasteiger partial charge in [-0.3, -0.25) is 14.2 Å². The van der Waals surface area contributed by atoms with E-state index in [-0.39, 0.29) is 5.56 Å². The number of nitrogens with zero attached hydrogens (tertiary/aromatic N) is 2. The fourth-order valence-corrected chi connectivity index (χ4v) is 3.91. The smallest absolute Gasteiger partial charge is 0.263 e. The number of fused-ring (bicyclic) bond motifs is 1. The molecule has 0 saturated heterocycles. The Labute approximate surface area is 155 Å². The van der Waals surface area contributed by atoms with Crippen molar-refractivity contribution >= 4 is 27.5 Å². The van der Waals surface area contributed by atoms with Gasteiger partial charge in [0.15, 0.2) is 0 Å². The number of methoxy groups -OCH3 is 1. The molecule has 26 heavy (non-hydrogen) atoms. The Morgan fingerprint density at radius 3 is 2.77 bits per heavy atom. The molecular weight excluding hydrogens is 350 g/mol. The summed E-state index contributed by atoms with van der Waals surface area (Å²) in [5, 5.41) is 0.531. The van der Waals surface area contributed by atoms with Gasteiger partial charge in [-0.15, -0.1) is 11.3 Å². The molecule has 0 radical (unpaired) electrons. The zero-order valence-corrected chi connectivity index (χ0v) is 15.8. The van der Waals surface area contributed by atoms with E-state index in [2.05, 4.69) is 0 Å². The van der Waals surface area contributed by atoms with Gasteiger partial charge in [0, 0.05) is 16.9 Å². The third-order valence-corrected chi connectivity index (χ3v) is 5.58. The number of benzene rings is 1. The summed E-state index contributed by atoms with van der Waals surface area (Å²) in [6.07, 6.45) is 1.19. The van der Waals surface area contributed by atoms with E-state index in [0.717, 1.165) is 16.9 Å². The van der Waals surface area contributed by atoms with Gasteiger partial charge in [0.2, 0.25) is 5.91 Å². The van der Waals surface area contributed by atoms with Crippen LogP contribution in [0.3, 0.4) is 0 Å². The maximum absolute atomic E-state index is 13.1. The topological polar surface area (TPSA) is 87.2 Å². The third kappa shape index (κ3) is 3.22. The molecular formula is C19H21N3O3S. The van der Waals surface area contributed by atoms with Crippen molar-refractivity contribution in [2.24, 2.45) is 5.73 Å². The van der Waals surface area contributed by atoms with Gasteiger partial charge in [-0.1, -0.05) is 25.1 Å². The Balaban J connectivity index is 2.23. The minimum Gasteiger partial charge on any atom is -0.496 e. The van der Waals surface area contributed by atoms with E-state index >= 15 is 0 Å². The number of nitrogens with two attached hydrogens (primary N) is 1. The van der Waals surface area contributed by atoms with Gasteiger partial charge >= 0.3 is 0 Å². The molecule has 1 unspecified atom stereocenters. The van der Waals surface area contributed by atoms with Crippen molar-refractivity contribution in [3.05, 3.63) is 57.0 Å². The number of hydrogen-bond donors (Lipinski definition) is 1. The third-order valence-electron chi connectivity index (χ3n) is 4.41. The van der Waals surface area contributed by atoms with E-state index in [1.54, 1.807) is 14.0 Å². The minimum absolute atomic E-state index is 0.234. The molecule has 2 aromatic heterocycles. The van der Waals surface area contributed by atoms with E-state index in [9.17, 15) is 9.59 Å². The molecule has 0 aliphatic heterocycles. The van der Waals surface area contributed by atoms with Crippen LogP contribution in [0.2, 0.25) is 0 Å². The van der Waals surface area contributed by atoms with Crippen LogP contribution in [0, 0.1) is 0 Å². The number of primary amides is 1. The van der Waals surface area contributed by atoms with Crippen molar-refractivity contribution in [2.75, 3.05) is 7.11 Å². The van der Waals surface area contributed by atoms with Gasteiger partial charge in [0.1, 0.15) is 22.4 Å². The first-order valence-corrected chi connectivity index (χ1v) is 9.23. The molecule has 0 aliphatic carbocycles. The molecule has 7 heteroatoms. The maximum Gasteiger partial charge on any atom is 0.263 e. The summed E-state index contributed by atoms with van der Waals surface area (Å²) >= 11 is 1.50. The van der Waals surface area contributed by atoms with E-state index in [4.69, 9.17) is 15.5 Å². The first-order chi connectivity index (χ1) is 12.5. The number of hydrogen-bond acceptors (Lipinski definition) is 5. The van der Waals surface area contributed by atoms with Crippen LogP contribution in [0.5, 0.6) is 5.75 Å². The molecule has 0 aliphatic rings. The Bertz CT molecular complexity index is 1020. The van der Waals surface area contributed by atoms with E-state index in [0.29, 0.717) is 28.2 Å². The molecule has 0 bridgehead atoms. The maximum atomic E-state index is 13.1. The predicted molar refractivity (Wildman–Crippen MR) is 103 cm³/mol. The second-order valence-corrected chi connectivity index (χ2v) is 7.17. The number of thiophene rings is 1. The van der Waals surface area contributed by atoms with Crippen molar-refractivity contribution in [2.45, 2.75) is 32.7 Å². The van der Waals surface area contributed by atoms with Crippen LogP contribution in [0.25, 0.3) is 10.2 Å². The van der Waals surface area contributed by atoms with Crippen molar-refractivity contribution < 1.29 is 9.53 Å². The average molecular weight is 371 g/mol. The fraction of sp³-hybridized carbons (Fsp3) is 0.316. The lowest BCUT2D eigenvalue weighted by Crippen LogP contribution is -2.35. The zero-order valence-electron chi connectivity index (χ0n) is 15.0. The Morgan fingerprint density at radius 2 is 2.12 bits per heavy atom. The second kappa shape index (κ2) is 7.29. The summed E-state index contributed by atoms with van der Waals surface area (Å²) in [6.45, 7) is 3.65. The van der Waals surface area contributed by atoms with Gasteiger partial charge in [-0.05, 0) is 25.5 Å². The number of ether oxygens (including phenoxy) is 1. The van der Waals surface area contributed by atoms with Gasteiger partial charge < -0.3 is 10.5 Å². The molecule has 2 N–H and O–H groups in total. The van der Waals surface area contributed by atoms with Crippen LogP contribution in [0.15, 0.2) is 35.1 Å². The molecule has 3 aromatic rings. The van der Waals surface area contributed by atoms with Gasteiger partial charge in [-0.25, -0.2) is 4.98 Å². The van der Waals surface area contributed by atoms with Crippen LogP contribution in [-0.4, -0.2) is 22.6 Å². The van der Waals surface area contributed by atoms with Crippen LogP contribution in [0.4, 0.5) is 0 Å². The molecule has 3 rings (SSSR count). The molecule has 1 aromatic carbocycles. The number of para-hydroxylation sites is 1. The van der Waals surface area contributed by atoms with Crippen molar-refractivity contribution in [1.82, 2.24) is 9.55 Å². The summed E-state index contributed by atoms with van der Waals surface area (Å²) in [7, 11) is 1.60. The Hall–Kier alpha value is -2.67. The SMILES string of the molecule is CCc1cc2c(=O)n(C(C)C(N)=O)c(Cc3ccccc3OC)nc2s1. The van der Waals surface area contributed by atoms with Crippen molar-refractivity contribution in [3.8, 4) is 5.75 Å². The number of carbonyl (C=O) groups excluding carboxylic acids is 1. The fourth-order valence-electron chi connectivity index (χ4n) is 2.93. The van der Waals surface area contributed by atoms with Crippen LogP contribution in [-0.2, 0) is 17.6 Å². The largest absolute Gasteiger partial charge is 0.496 e. The predicted octanol–water partition coefficient (Wildman–Crippen LogP) is 2.67. The van der Waals surface area contributed by atoms with Gasteiger partial charge in [0.25, 0.3) is 5.56 Å². The standard InChI is InChI=1S/C19H21N3O3S/c1-4-13-10-14-18(26-13)21-16(22(19(14)24)11(2)17(20)23)9-12-7-5-6-8-15(12)25-3/h5-8,10-11H,4,9H2,1-3H3,(H2,20,23). The van der Waals surface area contributed by atoms with Crippen molar-refractivity contribution in [1.29, 1.82) is 0 Å². The molecule has 6 nitrogen and oxygen atoms in total. The lowest BCUT2D eigenvalue weighted by atomic mass is 10.1. The van der Waals surface area contributed by atoms with E-state index in [1.165, 1.54) is 15.9 Å². The second-order valence-electron chi connectivity index (χ2n) is 6.06. The summed E-state index contributed by atoms with van der Waals surface area (Å²) in [5.74, 6) is 0.642. The molecule has 0 spiro atoms. The van der Waals surface area contributed by atoms with Gasteiger partial charge in [-0.2, -0.15) is 0 Å². The van der Waals surface area contributed by atoms with Gasteiger partial charge in [0.05, 0.1) is 12.5 Å². The number of rotatable bonds is 6. The highest BCUT2D eigenvalue weighted by Gasteiger charge is 2.21. The number of aryl methyl sites for hydroxylation is 1. The monoisotopic (exact) mass is 371 g/mol. The molecule has 0 fully saturated rings. The van der Waals surface area contributed by atoms with Crippen LogP contribution < -0.4 is 16.0 Å². The minimum atomic E-state index is -0.783. The first-order valence-electron chi connectivity index (χ1n) is 8.41. The number of carbonyl (C=O) groups is 1. The lowest BCUT2D eigenvalue weighted by molar-refractivity contribution is -0.120. The average Bonchev–Trinajstić information content (AvgIpc) is 3.05. The highest BCUT2D eigenvalue weighted by atomic mass is 32.1. The first kappa shape index (κ1) is 18.1. The Morgan fingerprint density at radius 1 is 1.38 bits per heavy atom. The summed E-state index contributed by atoms with van der Waals surface area (Å²) in [4.78, 5) is 31.3. The normalized spacial score (nSPS) is 12.3. The summed E-state index contributed by atoms with van der Waals surface area (Å²) in [5.41, 5.74) is 6.14. The summed E-state index contributed by atoms with van der Waals surface area (Å²) < 4.78 is 6.81. The number of aromatic nitrogens is 2. The van der Waals surface area contributed by atoms with E-state index in [1.807, 2.05) is 37.3 Å². The molecule has 1 amide bonds. The zero-order chi connectivity index (χ0) is 18.8. The molecule has 136 valence electrons. The Kier molecular flexibility index (Phi) is 5.08. The van der Waals surface area contributed by atoms with Crippen LogP contribution in [0.1, 0.15) is 36.2 Å². The lowest BCUT2D eigenvalue weighted by Gasteiger charge is -2.17. The molecule has 2 heterocycles. The van der Waals surface area contributed by atoms with Crippen molar-refractivity contribution in [3.63, 3.8) is 0 Å². The number of amides is 1. The van der Waals surface area contributed by atoms with E-state index < -0.39 is 11.9 Å². The molecule has 0 saturated carbocycles. The molecule has 1 atom stereocenters. The summed E-state index contributed by atoms with van der Waals surface area (Å²) in [6, 6.07) is 8.62.